The number of piperazine rings is 1. The number of rotatable bonds is 3. The smallest absolute Gasteiger partial charge is 0.317 e. The maximum absolute atomic E-state index is 11.1. The van der Waals surface area contributed by atoms with E-state index in [4.69, 9.17) is 5.11 Å². The summed E-state index contributed by atoms with van der Waals surface area (Å²) < 4.78 is 0. The number of anilines is 1. The summed E-state index contributed by atoms with van der Waals surface area (Å²) >= 11 is 0. The molecule has 1 fully saturated rings. The van der Waals surface area contributed by atoms with E-state index in [0.29, 0.717) is 32.0 Å². The highest BCUT2D eigenvalue weighted by Gasteiger charge is 2.19. The minimum Gasteiger partial charge on any atom is -0.480 e. The largest absolute Gasteiger partial charge is 0.480 e. The van der Waals surface area contributed by atoms with Crippen LogP contribution in [-0.2, 0) is 4.79 Å². The molecule has 1 aliphatic rings. The molecule has 0 aliphatic carbocycles. The molecule has 0 saturated carbocycles. The Hall–Kier alpha value is -1.89. The summed E-state index contributed by atoms with van der Waals surface area (Å²) in [5.74, 6) is -0.170. The molecule has 0 radical (unpaired) electrons. The molecule has 0 aromatic carbocycles. The van der Waals surface area contributed by atoms with Crippen LogP contribution in [0.25, 0.3) is 0 Å². The van der Waals surface area contributed by atoms with Crippen molar-refractivity contribution in [1.82, 2.24) is 14.9 Å². The minimum absolute atomic E-state index is 0.0661. The first-order valence-electron chi connectivity index (χ1n) is 5.39. The van der Waals surface area contributed by atoms with Crippen molar-refractivity contribution in [2.75, 3.05) is 37.6 Å². The van der Waals surface area contributed by atoms with Crippen LogP contribution in [0.15, 0.2) is 17.2 Å². The zero-order valence-electron chi connectivity index (χ0n) is 9.30. The third kappa shape index (κ3) is 3.04. The molecular formula is C10H14N4O3. The molecule has 7 nitrogen and oxygen atoms in total. The molecule has 0 amide bonds. The number of carboxylic acids is 1. The van der Waals surface area contributed by atoms with Crippen molar-refractivity contribution in [1.29, 1.82) is 0 Å². The van der Waals surface area contributed by atoms with E-state index in [1.807, 2.05) is 9.80 Å². The van der Waals surface area contributed by atoms with Gasteiger partial charge in [0, 0.05) is 32.2 Å². The molecule has 1 aliphatic heterocycles. The first-order chi connectivity index (χ1) is 8.15. The Morgan fingerprint density at radius 2 is 2.12 bits per heavy atom. The van der Waals surface area contributed by atoms with E-state index in [0.717, 1.165) is 0 Å². The topological polar surface area (TPSA) is 89.5 Å². The zero-order valence-corrected chi connectivity index (χ0v) is 9.30. The van der Waals surface area contributed by atoms with Gasteiger partial charge in [-0.1, -0.05) is 0 Å². The standard InChI is InChI=1S/C10H14N4O3/c15-9-5-8(11-7-12-9)14-3-1-13(2-4-14)6-10(16)17/h5,7H,1-4,6H2,(H,16,17)(H,11,12,15). The van der Waals surface area contributed by atoms with E-state index in [-0.39, 0.29) is 12.1 Å². The highest BCUT2D eigenvalue weighted by Crippen LogP contribution is 2.10. The van der Waals surface area contributed by atoms with Gasteiger partial charge in [0.05, 0.1) is 12.9 Å². The van der Waals surface area contributed by atoms with Crippen LogP contribution in [0.3, 0.4) is 0 Å². The van der Waals surface area contributed by atoms with Crippen molar-refractivity contribution in [2.45, 2.75) is 0 Å². The second-order valence-corrected chi connectivity index (χ2v) is 3.93. The van der Waals surface area contributed by atoms with Crippen LogP contribution in [0.2, 0.25) is 0 Å². The highest BCUT2D eigenvalue weighted by atomic mass is 16.4. The van der Waals surface area contributed by atoms with Gasteiger partial charge < -0.3 is 15.0 Å². The number of aromatic amines is 1. The molecule has 0 unspecified atom stereocenters. The number of H-pyrrole nitrogens is 1. The summed E-state index contributed by atoms with van der Waals surface area (Å²) in [6, 6.07) is 1.45. The first kappa shape index (κ1) is 11.6. The lowest BCUT2D eigenvalue weighted by Gasteiger charge is -2.34. The summed E-state index contributed by atoms with van der Waals surface area (Å²) in [5.41, 5.74) is -0.178. The fraction of sp³-hybridized carbons (Fsp3) is 0.500. The van der Waals surface area contributed by atoms with E-state index in [9.17, 15) is 9.59 Å². The normalized spacial score (nSPS) is 17.1. The lowest BCUT2D eigenvalue weighted by Crippen LogP contribution is -2.48. The van der Waals surface area contributed by atoms with Crippen molar-refractivity contribution in [3.63, 3.8) is 0 Å². The number of aromatic nitrogens is 2. The molecule has 2 N–H and O–H groups in total. The van der Waals surface area contributed by atoms with Crippen LogP contribution in [-0.4, -0.2) is 58.7 Å². The summed E-state index contributed by atoms with van der Waals surface area (Å²) in [4.78, 5) is 32.1. The fourth-order valence-electron chi connectivity index (χ4n) is 1.86. The van der Waals surface area contributed by atoms with Gasteiger partial charge in [-0.05, 0) is 0 Å². The lowest BCUT2D eigenvalue weighted by atomic mass is 10.3. The van der Waals surface area contributed by atoms with Gasteiger partial charge in [0.15, 0.2) is 0 Å². The van der Waals surface area contributed by atoms with Crippen molar-refractivity contribution >= 4 is 11.8 Å². The Morgan fingerprint density at radius 3 is 2.71 bits per heavy atom. The quantitative estimate of drug-likeness (QED) is 0.700. The molecule has 2 rings (SSSR count). The fourth-order valence-corrected chi connectivity index (χ4v) is 1.86. The van der Waals surface area contributed by atoms with Gasteiger partial charge in [0.1, 0.15) is 5.82 Å². The molecule has 0 spiro atoms. The van der Waals surface area contributed by atoms with Gasteiger partial charge in [-0.3, -0.25) is 14.5 Å². The molecule has 2 heterocycles. The Kier molecular flexibility index (Phi) is 3.38. The number of carboxylic acid groups (broad SMARTS) is 1. The van der Waals surface area contributed by atoms with E-state index < -0.39 is 5.97 Å². The maximum atomic E-state index is 11.1. The number of nitrogens with one attached hydrogen (secondary N) is 1. The van der Waals surface area contributed by atoms with E-state index in [1.54, 1.807) is 0 Å². The van der Waals surface area contributed by atoms with Crippen LogP contribution in [0.5, 0.6) is 0 Å². The number of hydrogen-bond donors (Lipinski definition) is 2. The SMILES string of the molecule is O=C(O)CN1CCN(c2cc(=O)[nH]cn2)CC1. The predicted octanol–water partition coefficient (Wildman–Crippen LogP) is -1.02. The van der Waals surface area contributed by atoms with E-state index in [1.165, 1.54) is 12.4 Å². The Balaban J connectivity index is 1.95. The summed E-state index contributed by atoms with van der Waals surface area (Å²) in [5, 5.41) is 8.67. The predicted molar refractivity (Wildman–Crippen MR) is 61.1 cm³/mol. The van der Waals surface area contributed by atoms with Gasteiger partial charge in [0.25, 0.3) is 5.56 Å². The van der Waals surface area contributed by atoms with Crippen molar-refractivity contribution < 1.29 is 9.90 Å². The second-order valence-electron chi connectivity index (χ2n) is 3.93. The van der Waals surface area contributed by atoms with E-state index >= 15 is 0 Å². The third-order valence-corrected chi connectivity index (χ3v) is 2.72. The summed E-state index contributed by atoms with van der Waals surface area (Å²) in [6.45, 7) is 2.77. The molecule has 17 heavy (non-hydrogen) atoms. The molecule has 0 bridgehead atoms. The first-order valence-corrected chi connectivity index (χ1v) is 5.39. The third-order valence-electron chi connectivity index (χ3n) is 2.72. The number of carbonyl (C=O) groups is 1. The average molecular weight is 238 g/mol. The maximum Gasteiger partial charge on any atom is 0.317 e. The van der Waals surface area contributed by atoms with Gasteiger partial charge in [-0.2, -0.15) is 0 Å². The van der Waals surface area contributed by atoms with Crippen LogP contribution in [0.4, 0.5) is 5.82 Å². The molecule has 0 atom stereocenters. The van der Waals surface area contributed by atoms with Crippen molar-refractivity contribution in [2.24, 2.45) is 0 Å². The molecule has 1 saturated heterocycles. The highest BCUT2D eigenvalue weighted by molar-refractivity contribution is 5.69. The Labute approximate surface area is 97.7 Å². The minimum atomic E-state index is -0.812. The van der Waals surface area contributed by atoms with E-state index in [2.05, 4.69) is 9.97 Å². The Morgan fingerprint density at radius 1 is 1.41 bits per heavy atom. The van der Waals surface area contributed by atoms with Gasteiger partial charge >= 0.3 is 5.97 Å². The monoisotopic (exact) mass is 238 g/mol. The van der Waals surface area contributed by atoms with Gasteiger partial charge in [0.2, 0.25) is 0 Å². The molecule has 1 aromatic heterocycles. The Bertz CT molecular complexity index is 451. The molecule has 7 heteroatoms. The summed E-state index contributed by atoms with van der Waals surface area (Å²) in [6.07, 6.45) is 1.38. The number of nitrogens with zero attached hydrogens (tertiary/aromatic N) is 3. The molecule has 92 valence electrons. The van der Waals surface area contributed by atoms with Crippen LogP contribution in [0.1, 0.15) is 0 Å². The van der Waals surface area contributed by atoms with Gasteiger partial charge in [-0.25, -0.2) is 4.98 Å². The molecular weight excluding hydrogens is 224 g/mol. The van der Waals surface area contributed by atoms with Crippen LogP contribution in [0, 0.1) is 0 Å². The zero-order chi connectivity index (χ0) is 12.3. The molecule has 1 aromatic rings. The van der Waals surface area contributed by atoms with Crippen LogP contribution < -0.4 is 10.5 Å². The number of hydrogen-bond acceptors (Lipinski definition) is 5. The van der Waals surface area contributed by atoms with Crippen molar-refractivity contribution in [3.8, 4) is 0 Å². The summed E-state index contributed by atoms with van der Waals surface area (Å²) in [7, 11) is 0. The average Bonchev–Trinajstić information content (AvgIpc) is 2.29. The number of aliphatic carboxylic acids is 1. The van der Waals surface area contributed by atoms with Gasteiger partial charge in [-0.15, -0.1) is 0 Å². The lowest BCUT2D eigenvalue weighted by molar-refractivity contribution is -0.138. The second kappa shape index (κ2) is 4.96. The van der Waals surface area contributed by atoms with Crippen LogP contribution >= 0.6 is 0 Å². The van der Waals surface area contributed by atoms with Crippen molar-refractivity contribution in [3.05, 3.63) is 22.7 Å².